The zero-order valence-electron chi connectivity index (χ0n) is 11.7. The van der Waals surface area contributed by atoms with Crippen molar-refractivity contribution >= 4 is 0 Å². The minimum atomic E-state index is -0.416. The van der Waals surface area contributed by atoms with E-state index in [0.29, 0.717) is 46.2 Å². The van der Waals surface area contributed by atoms with E-state index in [-0.39, 0.29) is 0 Å². The monoisotopic (exact) mass is 264 g/mol. The van der Waals surface area contributed by atoms with Crippen molar-refractivity contribution in [2.45, 2.75) is 32.8 Å². The van der Waals surface area contributed by atoms with Gasteiger partial charge in [-0.25, -0.2) is 0 Å². The smallest absolute Gasteiger partial charge is 0.0745 e. The van der Waals surface area contributed by atoms with E-state index in [1.165, 1.54) is 0 Å². The molecule has 0 spiro atoms. The molecule has 5 nitrogen and oxygen atoms in total. The first-order valence-corrected chi connectivity index (χ1v) is 6.76. The molecule has 0 aliphatic carbocycles. The molecular weight excluding hydrogens is 236 g/mol. The first-order chi connectivity index (χ1) is 8.77. The highest BCUT2D eigenvalue weighted by atomic mass is 16.6. The molecule has 0 saturated carbocycles. The maximum atomic E-state index is 8.93. The van der Waals surface area contributed by atoms with Crippen LogP contribution in [0.2, 0.25) is 0 Å². The van der Waals surface area contributed by atoms with Crippen LogP contribution < -0.4 is 0 Å². The van der Waals surface area contributed by atoms with Crippen molar-refractivity contribution in [2.75, 3.05) is 52.9 Å². The Hall–Kier alpha value is -0.200. The first-order valence-electron chi connectivity index (χ1n) is 6.76. The van der Waals surface area contributed by atoms with Crippen molar-refractivity contribution in [3.05, 3.63) is 0 Å². The molecule has 0 aromatic carbocycles. The molecule has 0 amide bonds. The summed E-state index contributed by atoms with van der Waals surface area (Å²) in [5.41, 5.74) is 0. The minimum Gasteiger partial charge on any atom is -0.391 e. The Kier molecular flexibility index (Phi) is 14.7. The predicted molar refractivity (Wildman–Crippen MR) is 69.9 cm³/mol. The Morgan fingerprint density at radius 3 is 1.67 bits per heavy atom. The Morgan fingerprint density at radius 2 is 1.22 bits per heavy atom. The van der Waals surface area contributed by atoms with Crippen molar-refractivity contribution in [1.29, 1.82) is 0 Å². The fraction of sp³-hybridized carbons (Fsp3) is 1.00. The van der Waals surface area contributed by atoms with E-state index >= 15 is 0 Å². The van der Waals surface area contributed by atoms with Crippen LogP contribution in [0.5, 0.6) is 0 Å². The summed E-state index contributed by atoms with van der Waals surface area (Å²) in [5, 5.41) is 8.93. The SMILES string of the molecule is CCCCOCCOCCOCCOC[C@H](C)O. The zero-order valence-corrected chi connectivity index (χ0v) is 11.7. The Morgan fingerprint density at radius 1 is 0.778 bits per heavy atom. The van der Waals surface area contributed by atoms with Crippen LogP contribution in [0.4, 0.5) is 0 Å². The summed E-state index contributed by atoms with van der Waals surface area (Å²) in [6.07, 6.45) is 1.85. The summed E-state index contributed by atoms with van der Waals surface area (Å²) >= 11 is 0. The molecule has 0 fully saturated rings. The van der Waals surface area contributed by atoms with Gasteiger partial charge in [-0.3, -0.25) is 0 Å². The van der Waals surface area contributed by atoms with Crippen LogP contribution in [0, 0.1) is 0 Å². The van der Waals surface area contributed by atoms with E-state index in [9.17, 15) is 0 Å². The highest BCUT2D eigenvalue weighted by Crippen LogP contribution is 1.88. The van der Waals surface area contributed by atoms with Crippen molar-refractivity contribution in [2.24, 2.45) is 0 Å². The number of rotatable bonds is 14. The van der Waals surface area contributed by atoms with E-state index in [1.54, 1.807) is 6.92 Å². The standard InChI is InChI=1S/C13H28O5/c1-3-4-5-15-6-7-16-8-9-17-10-11-18-12-13(2)14/h13-14H,3-12H2,1-2H3/t13-/m0/s1. The van der Waals surface area contributed by atoms with Crippen molar-refractivity contribution < 1.29 is 24.1 Å². The number of ether oxygens (including phenoxy) is 4. The predicted octanol–water partition coefficient (Wildman–Crippen LogP) is 1.23. The van der Waals surface area contributed by atoms with E-state index in [1.807, 2.05) is 0 Å². The molecule has 18 heavy (non-hydrogen) atoms. The lowest BCUT2D eigenvalue weighted by Crippen LogP contribution is -2.15. The number of unbranched alkanes of at least 4 members (excludes halogenated alkanes) is 1. The van der Waals surface area contributed by atoms with Gasteiger partial charge in [-0.05, 0) is 13.3 Å². The van der Waals surface area contributed by atoms with Gasteiger partial charge in [0.15, 0.2) is 0 Å². The average Bonchev–Trinajstić information content (AvgIpc) is 2.34. The Labute approximate surface area is 110 Å². The Bertz CT molecular complexity index is 152. The molecule has 1 atom stereocenters. The van der Waals surface area contributed by atoms with Gasteiger partial charge in [0.05, 0.1) is 52.4 Å². The summed E-state index contributed by atoms with van der Waals surface area (Å²) in [7, 11) is 0. The van der Waals surface area contributed by atoms with Crippen LogP contribution in [-0.4, -0.2) is 64.1 Å². The molecule has 0 aromatic rings. The summed E-state index contributed by atoms with van der Waals surface area (Å²) in [4.78, 5) is 0. The fourth-order valence-corrected chi connectivity index (χ4v) is 1.16. The van der Waals surface area contributed by atoms with Gasteiger partial charge in [0.1, 0.15) is 0 Å². The van der Waals surface area contributed by atoms with Gasteiger partial charge in [0.25, 0.3) is 0 Å². The molecule has 5 heteroatoms. The van der Waals surface area contributed by atoms with Gasteiger partial charge >= 0.3 is 0 Å². The van der Waals surface area contributed by atoms with Crippen LogP contribution in [0.25, 0.3) is 0 Å². The summed E-state index contributed by atoms with van der Waals surface area (Å²) in [5.74, 6) is 0. The second-order valence-corrected chi connectivity index (χ2v) is 4.11. The summed E-state index contributed by atoms with van der Waals surface area (Å²) in [6, 6.07) is 0. The van der Waals surface area contributed by atoms with Gasteiger partial charge in [-0.1, -0.05) is 13.3 Å². The molecule has 0 radical (unpaired) electrons. The van der Waals surface area contributed by atoms with Crippen LogP contribution in [0.15, 0.2) is 0 Å². The number of aliphatic hydroxyl groups excluding tert-OH is 1. The summed E-state index contributed by atoms with van der Waals surface area (Å²) < 4.78 is 21.1. The molecule has 0 aliphatic heterocycles. The normalized spacial score (nSPS) is 12.8. The van der Waals surface area contributed by atoms with Crippen LogP contribution in [0.3, 0.4) is 0 Å². The molecule has 0 aromatic heterocycles. The third kappa shape index (κ3) is 15.8. The second-order valence-electron chi connectivity index (χ2n) is 4.11. The molecular formula is C13H28O5. The summed E-state index contributed by atoms with van der Waals surface area (Å²) in [6.45, 7) is 8.45. The third-order valence-corrected chi connectivity index (χ3v) is 2.12. The topological polar surface area (TPSA) is 57.2 Å². The largest absolute Gasteiger partial charge is 0.391 e. The fourth-order valence-electron chi connectivity index (χ4n) is 1.16. The lowest BCUT2D eigenvalue weighted by atomic mass is 10.4. The highest BCUT2D eigenvalue weighted by Gasteiger charge is 1.95. The quantitative estimate of drug-likeness (QED) is 0.478. The maximum absolute atomic E-state index is 8.93. The van der Waals surface area contributed by atoms with Crippen LogP contribution >= 0.6 is 0 Å². The Balaban J connectivity index is 2.90. The van der Waals surface area contributed by atoms with E-state index < -0.39 is 6.10 Å². The molecule has 0 unspecified atom stereocenters. The molecule has 0 rings (SSSR count). The van der Waals surface area contributed by atoms with Gasteiger partial charge in [0, 0.05) is 6.61 Å². The van der Waals surface area contributed by atoms with E-state index in [0.717, 1.165) is 19.4 Å². The van der Waals surface area contributed by atoms with Gasteiger partial charge in [0.2, 0.25) is 0 Å². The van der Waals surface area contributed by atoms with Crippen molar-refractivity contribution in [3.63, 3.8) is 0 Å². The van der Waals surface area contributed by atoms with Gasteiger partial charge in [-0.2, -0.15) is 0 Å². The maximum Gasteiger partial charge on any atom is 0.0745 e. The zero-order chi connectivity index (χ0) is 13.5. The average molecular weight is 264 g/mol. The van der Waals surface area contributed by atoms with Gasteiger partial charge in [-0.15, -0.1) is 0 Å². The number of hydrogen-bond acceptors (Lipinski definition) is 5. The lowest BCUT2D eigenvalue weighted by molar-refractivity contribution is -0.0142. The molecule has 110 valence electrons. The lowest BCUT2D eigenvalue weighted by Gasteiger charge is -2.08. The molecule has 0 heterocycles. The third-order valence-electron chi connectivity index (χ3n) is 2.12. The molecule has 0 aliphatic rings. The van der Waals surface area contributed by atoms with Crippen molar-refractivity contribution in [1.82, 2.24) is 0 Å². The first kappa shape index (κ1) is 17.8. The molecule has 0 saturated heterocycles. The number of hydrogen-bond donors (Lipinski definition) is 1. The molecule has 0 bridgehead atoms. The van der Waals surface area contributed by atoms with E-state index in [2.05, 4.69) is 6.92 Å². The second kappa shape index (κ2) is 14.9. The van der Waals surface area contributed by atoms with Gasteiger partial charge < -0.3 is 24.1 Å². The minimum absolute atomic E-state index is 0.356. The van der Waals surface area contributed by atoms with Crippen LogP contribution in [0.1, 0.15) is 26.7 Å². The highest BCUT2D eigenvalue weighted by molar-refractivity contribution is 4.41. The number of aliphatic hydroxyl groups is 1. The van der Waals surface area contributed by atoms with Crippen LogP contribution in [-0.2, 0) is 18.9 Å². The van der Waals surface area contributed by atoms with E-state index in [4.69, 9.17) is 24.1 Å². The molecule has 1 N–H and O–H groups in total. The van der Waals surface area contributed by atoms with Crippen molar-refractivity contribution in [3.8, 4) is 0 Å².